The monoisotopic (exact) mass is 469 g/mol. The Morgan fingerprint density at radius 1 is 0.943 bits per heavy atom. The van der Waals surface area contributed by atoms with Gasteiger partial charge in [0.2, 0.25) is 0 Å². The number of aromatic nitrogens is 2. The van der Waals surface area contributed by atoms with Crippen molar-refractivity contribution in [3.63, 3.8) is 0 Å². The first-order valence-electron chi connectivity index (χ1n) is 12.5. The van der Waals surface area contributed by atoms with Gasteiger partial charge < -0.3 is 14.6 Å². The minimum absolute atomic E-state index is 0.0898. The number of carbonyl (C=O) groups excluding carboxylic acids is 1. The molecule has 5 nitrogen and oxygen atoms in total. The van der Waals surface area contributed by atoms with Gasteiger partial charge in [-0.3, -0.25) is 4.79 Å². The first kappa shape index (κ1) is 24.5. The topological polar surface area (TPSA) is 56.2 Å². The maximum absolute atomic E-state index is 12.8. The molecule has 0 bridgehead atoms. The molecule has 0 radical (unpaired) electrons. The second-order valence-electron chi connectivity index (χ2n) is 9.45. The van der Waals surface area contributed by atoms with Crippen LogP contribution in [0.5, 0.6) is 5.75 Å². The van der Waals surface area contributed by atoms with Gasteiger partial charge >= 0.3 is 0 Å². The third-order valence-electron chi connectivity index (χ3n) is 6.32. The lowest BCUT2D eigenvalue weighted by Gasteiger charge is -2.17. The molecule has 35 heavy (non-hydrogen) atoms. The highest BCUT2D eigenvalue weighted by Gasteiger charge is 2.19. The quantitative estimate of drug-likeness (QED) is 0.259. The Kier molecular flexibility index (Phi) is 7.86. The molecule has 1 amide bonds. The molecule has 1 aromatic heterocycles. The van der Waals surface area contributed by atoms with Crippen LogP contribution in [0.1, 0.15) is 72.9 Å². The van der Waals surface area contributed by atoms with Crippen LogP contribution >= 0.6 is 0 Å². The van der Waals surface area contributed by atoms with Crippen LogP contribution in [0.15, 0.2) is 72.8 Å². The van der Waals surface area contributed by atoms with Gasteiger partial charge in [0.1, 0.15) is 11.6 Å². The molecule has 1 N–H and O–H groups in total. The lowest BCUT2D eigenvalue weighted by Crippen LogP contribution is -2.28. The van der Waals surface area contributed by atoms with Crippen molar-refractivity contribution >= 4 is 16.9 Å². The number of nitrogens with one attached hydrogen (secondary N) is 1. The molecular weight excluding hydrogens is 434 g/mol. The molecule has 1 unspecified atom stereocenters. The van der Waals surface area contributed by atoms with Gasteiger partial charge in [-0.25, -0.2) is 4.98 Å². The number of fused-ring (bicyclic) bond motifs is 1. The van der Waals surface area contributed by atoms with Crippen molar-refractivity contribution in [3.8, 4) is 5.75 Å². The zero-order valence-electron chi connectivity index (χ0n) is 21.1. The maximum atomic E-state index is 12.8. The van der Waals surface area contributed by atoms with Gasteiger partial charge in [0.25, 0.3) is 5.91 Å². The predicted molar refractivity (Wildman–Crippen MR) is 142 cm³/mol. The molecule has 1 atom stereocenters. The summed E-state index contributed by atoms with van der Waals surface area (Å²) >= 11 is 0. The highest BCUT2D eigenvalue weighted by atomic mass is 16.5. The van der Waals surface area contributed by atoms with E-state index in [9.17, 15) is 4.79 Å². The largest absolute Gasteiger partial charge is 0.494 e. The molecule has 3 aromatic carbocycles. The van der Waals surface area contributed by atoms with E-state index in [1.165, 1.54) is 5.56 Å². The van der Waals surface area contributed by atoms with Crippen molar-refractivity contribution in [2.75, 3.05) is 6.61 Å². The summed E-state index contributed by atoms with van der Waals surface area (Å²) in [5.41, 5.74) is 5.14. The Morgan fingerprint density at radius 3 is 2.37 bits per heavy atom. The Hall–Kier alpha value is -3.60. The van der Waals surface area contributed by atoms with Gasteiger partial charge in [-0.05, 0) is 74.6 Å². The van der Waals surface area contributed by atoms with Gasteiger partial charge in [0.05, 0.1) is 23.7 Å². The van der Waals surface area contributed by atoms with Crippen LogP contribution in [0.2, 0.25) is 0 Å². The number of hydrogen-bond donors (Lipinski definition) is 1. The van der Waals surface area contributed by atoms with Gasteiger partial charge in [-0.15, -0.1) is 0 Å². The lowest BCUT2D eigenvalue weighted by molar-refractivity contribution is 0.0937. The molecule has 0 aliphatic carbocycles. The number of carbonyl (C=O) groups is 1. The highest BCUT2D eigenvalue weighted by Crippen LogP contribution is 2.23. The van der Waals surface area contributed by atoms with Crippen LogP contribution in [0.3, 0.4) is 0 Å². The van der Waals surface area contributed by atoms with Gasteiger partial charge in [-0.2, -0.15) is 0 Å². The smallest absolute Gasteiger partial charge is 0.251 e. The molecule has 0 saturated carbocycles. The summed E-state index contributed by atoms with van der Waals surface area (Å²) in [4.78, 5) is 17.7. The summed E-state index contributed by atoms with van der Waals surface area (Å²) in [7, 11) is 0. The summed E-state index contributed by atoms with van der Waals surface area (Å²) in [6, 6.07) is 23.9. The molecule has 5 heteroatoms. The Labute approximate surface area is 208 Å². The number of aryl methyl sites for hydroxylation is 2. The van der Waals surface area contributed by atoms with E-state index in [0.717, 1.165) is 47.6 Å². The number of hydrogen-bond acceptors (Lipinski definition) is 3. The van der Waals surface area contributed by atoms with Crippen molar-refractivity contribution in [3.05, 3.63) is 95.3 Å². The van der Waals surface area contributed by atoms with Crippen LogP contribution in [-0.4, -0.2) is 22.1 Å². The number of nitrogens with zero attached hydrogens (tertiary/aromatic N) is 2. The fourth-order valence-electron chi connectivity index (χ4n) is 4.22. The number of para-hydroxylation sites is 2. The third-order valence-corrected chi connectivity index (χ3v) is 6.32. The van der Waals surface area contributed by atoms with Crippen LogP contribution in [0.25, 0.3) is 11.0 Å². The molecule has 0 aliphatic rings. The molecule has 1 heterocycles. The number of rotatable bonds is 10. The number of amides is 1. The van der Waals surface area contributed by atoms with Crippen molar-refractivity contribution in [2.24, 2.45) is 0 Å². The van der Waals surface area contributed by atoms with E-state index in [0.29, 0.717) is 18.1 Å². The zero-order valence-corrected chi connectivity index (χ0v) is 21.1. The van der Waals surface area contributed by atoms with Gasteiger partial charge in [0, 0.05) is 12.1 Å². The average Bonchev–Trinajstić information content (AvgIpc) is 3.23. The summed E-state index contributed by atoms with van der Waals surface area (Å²) in [6.07, 6.45) is 1.89. The predicted octanol–water partition coefficient (Wildman–Crippen LogP) is 6.82. The minimum atomic E-state index is -0.216. The second kappa shape index (κ2) is 11.2. The van der Waals surface area contributed by atoms with Crippen LogP contribution in [-0.2, 0) is 6.54 Å². The number of benzene rings is 3. The molecule has 4 rings (SSSR count). The van der Waals surface area contributed by atoms with E-state index < -0.39 is 0 Å². The molecule has 4 aromatic rings. The highest BCUT2D eigenvalue weighted by molar-refractivity contribution is 5.94. The SMILES string of the molecule is Cc1ccc(C(=O)NC(C)c2nc3ccccc3n2CCCCOc2ccc(C(C)C)cc2)cc1. The molecule has 182 valence electrons. The molecule has 0 spiro atoms. The van der Waals surface area contributed by atoms with E-state index in [1.54, 1.807) is 0 Å². The summed E-state index contributed by atoms with van der Waals surface area (Å²) in [5, 5.41) is 3.12. The van der Waals surface area contributed by atoms with Crippen LogP contribution in [0.4, 0.5) is 0 Å². The fourth-order valence-corrected chi connectivity index (χ4v) is 4.22. The minimum Gasteiger partial charge on any atom is -0.494 e. The Balaban J connectivity index is 1.38. The second-order valence-corrected chi connectivity index (χ2v) is 9.45. The number of ether oxygens (including phenoxy) is 1. The fraction of sp³-hybridized carbons (Fsp3) is 0.333. The number of unbranched alkanes of at least 4 members (excludes halogenated alkanes) is 1. The van der Waals surface area contributed by atoms with Crippen LogP contribution in [0, 0.1) is 6.92 Å². The van der Waals surface area contributed by atoms with Crippen molar-refractivity contribution < 1.29 is 9.53 Å². The number of imidazole rings is 1. The first-order valence-corrected chi connectivity index (χ1v) is 12.5. The van der Waals surface area contributed by atoms with Crippen molar-refractivity contribution in [2.45, 2.75) is 59.0 Å². The molecule has 0 aliphatic heterocycles. The zero-order chi connectivity index (χ0) is 24.8. The molecule has 0 fully saturated rings. The van der Waals surface area contributed by atoms with E-state index in [4.69, 9.17) is 9.72 Å². The molecular formula is C30H35N3O2. The molecule has 0 saturated heterocycles. The maximum Gasteiger partial charge on any atom is 0.251 e. The van der Waals surface area contributed by atoms with E-state index >= 15 is 0 Å². The van der Waals surface area contributed by atoms with E-state index in [-0.39, 0.29) is 11.9 Å². The van der Waals surface area contributed by atoms with Gasteiger partial charge in [0.15, 0.2) is 0 Å². The van der Waals surface area contributed by atoms with Gasteiger partial charge in [-0.1, -0.05) is 55.8 Å². The normalized spacial score (nSPS) is 12.1. The average molecular weight is 470 g/mol. The Morgan fingerprint density at radius 2 is 1.66 bits per heavy atom. The summed E-state index contributed by atoms with van der Waals surface area (Å²) in [5.74, 6) is 2.22. The van der Waals surface area contributed by atoms with E-state index in [2.05, 4.69) is 54.1 Å². The summed E-state index contributed by atoms with van der Waals surface area (Å²) in [6.45, 7) is 9.88. The third kappa shape index (κ3) is 6.10. The lowest BCUT2D eigenvalue weighted by atomic mass is 10.0. The summed E-state index contributed by atoms with van der Waals surface area (Å²) < 4.78 is 8.18. The Bertz CT molecular complexity index is 1260. The van der Waals surface area contributed by atoms with Crippen molar-refractivity contribution in [1.82, 2.24) is 14.9 Å². The van der Waals surface area contributed by atoms with Crippen LogP contribution < -0.4 is 10.1 Å². The van der Waals surface area contributed by atoms with E-state index in [1.807, 2.05) is 56.3 Å². The standard InChI is InChI=1S/C30H35N3O2/c1-21(2)24-15-17-26(18-16-24)35-20-8-7-19-33-28-10-6-5-9-27(28)32-29(33)23(4)31-30(34)25-13-11-22(3)12-14-25/h5-6,9-18,21,23H,7-8,19-20H2,1-4H3,(H,31,34). The first-order chi connectivity index (χ1) is 16.9. The van der Waals surface area contributed by atoms with Crippen molar-refractivity contribution in [1.29, 1.82) is 0 Å².